The number of hydrogen-bond donors (Lipinski definition) is 3. The summed E-state index contributed by atoms with van der Waals surface area (Å²) < 4.78 is 1.86. The highest BCUT2D eigenvalue weighted by atomic mass is 16.5. The fraction of sp³-hybridized carbons (Fsp3) is 0.500. The van der Waals surface area contributed by atoms with Crippen LogP contribution in [0.2, 0.25) is 0 Å². The zero-order valence-corrected chi connectivity index (χ0v) is 17.1. The summed E-state index contributed by atoms with van der Waals surface area (Å²) in [6.07, 6.45) is 7.55. The molecular weight excluding hydrogens is 382 g/mol. The van der Waals surface area contributed by atoms with Crippen LogP contribution in [0, 0.1) is 11.3 Å². The molecule has 5 rings (SSSR count). The summed E-state index contributed by atoms with van der Waals surface area (Å²) in [5, 5.41) is 17.9. The quantitative estimate of drug-likeness (QED) is 0.526. The van der Waals surface area contributed by atoms with Crippen LogP contribution in [0.15, 0.2) is 30.5 Å². The molecule has 1 saturated heterocycles. The minimum absolute atomic E-state index is 0.0582. The molecule has 158 valence electrons. The molecule has 2 amide bonds. The molecule has 1 aliphatic carbocycles. The van der Waals surface area contributed by atoms with Gasteiger partial charge < -0.3 is 10.2 Å². The van der Waals surface area contributed by atoms with Gasteiger partial charge in [-0.3, -0.25) is 19.5 Å². The molecule has 1 saturated carbocycles. The van der Waals surface area contributed by atoms with Crippen LogP contribution in [0.3, 0.4) is 0 Å². The lowest BCUT2D eigenvalue weighted by Gasteiger charge is -2.38. The smallest absolute Gasteiger partial charge is 0.248 e. The van der Waals surface area contributed by atoms with Crippen molar-refractivity contribution >= 4 is 28.3 Å². The maximum absolute atomic E-state index is 13.2. The monoisotopic (exact) mass is 409 g/mol. The summed E-state index contributed by atoms with van der Waals surface area (Å²) in [4.78, 5) is 27.2. The number of fused-ring (bicyclic) bond motifs is 1. The maximum atomic E-state index is 13.2. The van der Waals surface area contributed by atoms with E-state index in [-0.39, 0.29) is 11.3 Å². The SMILES string of the molecule is Cn1ncc2cc(C3=CCN(C(=O)[C@H]4NCC5(CC5)C[C@@H]4C(=O)NO)CC3)ccc21. The van der Waals surface area contributed by atoms with Crippen molar-refractivity contribution in [2.24, 2.45) is 18.4 Å². The summed E-state index contributed by atoms with van der Waals surface area (Å²) in [6.45, 7) is 1.90. The first-order chi connectivity index (χ1) is 14.5. The van der Waals surface area contributed by atoms with Gasteiger partial charge in [0.2, 0.25) is 11.8 Å². The fourth-order valence-corrected chi connectivity index (χ4v) is 4.96. The van der Waals surface area contributed by atoms with Crippen LogP contribution in [0.4, 0.5) is 0 Å². The van der Waals surface area contributed by atoms with E-state index in [0.29, 0.717) is 19.5 Å². The van der Waals surface area contributed by atoms with Crippen LogP contribution < -0.4 is 10.8 Å². The molecule has 3 aliphatic rings. The Balaban J connectivity index is 1.30. The molecular formula is C22H27N5O3. The van der Waals surface area contributed by atoms with Crippen LogP contribution in [0.25, 0.3) is 16.5 Å². The third-order valence-corrected chi connectivity index (χ3v) is 7.06. The van der Waals surface area contributed by atoms with Crippen molar-refractivity contribution in [2.75, 3.05) is 19.6 Å². The van der Waals surface area contributed by atoms with Gasteiger partial charge in [-0.25, -0.2) is 5.48 Å². The molecule has 3 N–H and O–H groups in total. The van der Waals surface area contributed by atoms with Gasteiger partial charge in [0.15, 0.2) is 0 Å². The number of aryl methyl sites for hydroxylation is 1. The van der Waals surface area contributed by atoms with E-state index < -0.39 is 17.9 Å². The summed E-state index contributed by atoms with van der Waals surface area (Å²) in [5.41, 5.74) is 5.38. The predicted molar refractivity (Wildman–Crippen MR) is 111 cm³/mol. The predicted octanol–water partition coefficient (Wildman–Crippen LogP) is 1.45. The van der Waals surface area contributed by atoms with Crippen LogP contribution in [0.1, 0.15) is 31.2 Å². The number of nitrogens with one attached hydrogen (secondary N) is 2. The number of hydroxylamine groups is 1. The van der Waals surface area contributed by atoms with E-state index in [9.17, 15) is 9.59 Å². The highest BCUT2D eigenvalue weighted by molar-refractivity contribution is 5.91. The van der Waals surface area contributed by atoms with Crippen LogP contribution in [0.5, 0.6) is 0 Å². The Labute approximate surface area is 174 Å². The largest absolute Gasteiger partial charge is 0.337 e. The van der Waals surface area contributed by atoms with Gasteiger partial charge in [-0.15, -0.1) is 0 Å². The standard InChI is InChI=1S/C22H27N5O3/c1-26-18-3-2-15(10-16(18)12-24-26)14-4-8-27(9-5-14)21(29)19-17(20(28)25-30)11-22(6-7-22)13-23-19/h2-4,10,12,17,19,23,30H,5-9,11,13H2,1H3,(H,25,28)/t17-,19-/m0/s1. The van der Waals surface area contributed by atoms with Crippen molar-refractivity contribution in [3.63, 3.8) is 0 Å². The van der Waals surface area contributed by atoms with Crippen molar-refractivity contribution in [3.8, 4) is 0 Å². The first-order valence-electron chi connectivity index (χ1n) is 10.6. The number of carbonyl (C=O) groups excluding carboxylic acids is 2. The lowest BCUT2D eigenvalue weighted by Crippen LogP contribution is -2.59. The number of carbonyl (C=O) groups is 2. The van der Waals surface area contributed by atoms with Gasteiger partial charge in [-0.05, 0) is 54.4 Å². The third kappa shape index (κ3) is 3.30. The minimum atomic E-state index is -0.579. The van der Waals surface area contributed by atoms with E-state index in [1.54, 1.807) is 5.48 Å². The second-order valence-corrected chi connectivity index (χ2v) is 8.95. The average Bonchev–Trinajstić information content (AvgIpc) is 3.44. The normalized spacial score (nSPS) is 25.3. The van der Waals surface area contributed by atoms with Crippen LogP contribution >= 0.6 is 0 Å². The Kier molecular flexibility index (Phi) is 4.63. The lowest BCUT2D eigenvalue weighted by molar-refractivity contribution is -0.144. The van der Waals surface area contributed by atoms with Gasteiger partial charge in [-0.2, -0.15) is 5.10 Å². The zero-order chi connectivity index (χ0) is 20.9. The van der Waals surface area contributed by atoms with E-state index in [1.807, 2.05) is 22.8 Å². The van der Waals surface area contributed by atoms with Gasteiger partial charge >= 0.3 is 0 Å². The number of rotatable bonds is 3. The maximum Gasteiger partial charge on any atom is 0.248 e. The fourth-order valence-electron chi connectivity index (χ4n) is 4.96. The average molecular weight is 409 g/mol. The molecule has 2 atom stereocenters. The van der Waals surface area contributed by atoms with E-state index in [2.05, 4.69) is 34.7 Å². The molecule has 1 aromatic heterocycles. The summed E-state index contributed by atoms with van der Waals surface area (Å²) in [5.74, 6) is -1.06. The molecule has 1 spiro atoms. The van der Waals surface area contributed by atoms with Crippen molar-refractivity contribution in [2.45, 2.75) is 31.7 Å². The molecule has 30 heavy (non-hydrogen) atoms. The molecule has 0 unspecified atom stereocenters. The van der Waals surface area contributed by atoms with E-state index in [0.717, 1.165) is 42.3 Å². The Hall–Kier alpha value is -2.71. The lowest BCUT2D eigenvalue weighted by atomic mass is 9.81. The number of amides is 2. The molecule has 2 aromatic rings. The Bertz CT molecular complexity index is 1040. The van der Waals surface area contributed by atoms with Gasteiger partial charge in [0, 0.05) is 32.1 Å². The first-order valence-corrected chi connectivity index (χ1v) is 10.6. The minimum Gasteiger partial charge on any atom is -0.337 e. The molecule has 0 radical (unpaired) electrons. The van der Waals surface area contributed by atoms with Gasteiger partial charge in [0.1, 0.15) is 0 Å². The van der Waals surface area contributed by atoms with E-state index >= 15 is 0 Å². The van der Waals surface area contributed by atoms with Crippen molar-refractivity contribution < 1.29 is 14.8 Å². The highest BCUT2D eigenvalue weighted by Crippen LogP contribution is 2.52. The topological polar surface area (TPSA) is 99.5 Å². The van der Waals surface area contributed by atoms with E-state index in [1.165, 1.54) is 5.57 Å². The molecule has 1 aromatic carbocycles. The Morgan fingerprint density at radius 3 is 2.87 bits per heavy atom. The Morgan fingerprint density at radius 2 is 2.17 bits per heavy atom. The molecule has 0 bridgehead atoms. The van der Waals surface area contributed by atoms with Gasteiger partial charge in [-0.1, -0.05) is 12.1 Å². The van der Waals surface area contributed by atoms with E-state index in [4.69, 9.17) is 5.21 Å². The number of aromatic nitrogens is 2. The van der Waals surface area contributed by atoms with Crippen molar-refractivity contribution in [3.05, 3.63) is 36.0 Å². The number of piperidine rings is 1. The van der Waals surface area contributed by atoms with Crippen molar-refractivity contribution in [1.82, 2.24) is 25.5 Å². The second-order valence-electron chi connectivity index (χ2n) is 8.95. The second kappa shape index (κ2) is 7.21. The summed E-state index contributed by atoms with van der Waals surface area (Å²) in [6, 6.07) is 5.75. The zero-order valence-electron chi connectivity index (χ0n) is 17.1. The molecule has 3 heterocycles. The number of nitrogens with zero attached hydrogens (tertiary/aromatic N) is 3. The van der Waals surface area contributed by atoms with Crippen LogP contribution in [-0.4, -0.2) is 57.4 Å². The Morgan fingerprint density at radius 1 is 1.33 bits per heavy atom. The summed E-state index contributed by atoms with van der Waals surface area (Å²) in [7, 11) is 1.93. The molecule has 8 nitrogen and oxygen atoms in total. The number of benzene rings is 1. The molecule has 8 heteroatoms. The summed E-state index contributed by atoms with van der Waals surface area (Å²) >= 11 is 0. The number of hydrogen-bond acceptors (Lipinski definition) is 5. The van der Waals surface area contributed by atoms with Crippen LogP contribution in [-0.2, 0) is 16.6 Å². The first kappa shape index (κ1) is 19.3. The van der Waals surface area contributed by atoms with Crippen molar-refractivity contribution in [1.29, 1.82) is 0 Å². The molecule has 2 aliphatic heterocycles. The van der Waals surface area contributed by atoms with Gasteiger partial charge in [0.05, 0.1) is 23.7 Å². The third-order valence-electron chi connectivity index (χ3n) is 7.06. The van der Waals surface area contributed by atoms with Gasteiger partial charge in [0.25, 0.3) is 0 Å². The molecule has 2 fully saturated rings. The highest BCUT2D eigenvalue weighted by Gasteiger charge is 2.52.